The van der Waals surface area contributed by atoms with Gasteiger partial charge in [-0.3, -0.25) is 4.79 Å². The van der Waals surface area contributed by atoms with E-state index in [0.717, 1.165) is 23.4 Å². The van der Waals surface area contributed by atoms with Crippen LogP contribution in [-0.2, 0) is 11.2 Å². The fraction of sp³-hybridized carbons (Fsp3) is 0.500. The topological polar surface area (TPSA) is 61.8 Å². The number of nitrogens with zero attached hydrogens (tertiary/aromatic N) is 1. The Balaban J connectivity index is 2.87. The van der Waals surface area contributed by atoms with Gasteiger partial charge in [-0.05, 0) is 37.2 Å². The molecule has 0 amide bonds. The maximum Gasteiger partial charge on any atom is 0.322 e. The van der Waals surface area contributed by atoms with Crippen molar-refractivity contribution in [3.63, 3.8) is 0 Å². The number of carbonyl (C=O) groups is 1. The molecule has 2 N–H and O–H groups in total. The molecule has 0 aromatic heterocycles. The minimum absolute atomic E-state index is 0.404. The Morgan fingerprint density at radius 1 is 1.53 bits per heavy atom. The normalized spacial score (nSPS) is 12.0. The number of likely N-dealkylation sites (N-methyl/N-ethyl adjacent to an activating group) is 2. The summed E-state index contributed by atoms with van der Waals surface area (Å²) in [6.45, 7) is 2.47. The van der Waals surface area contributed by atoms with Crippen molar-refractivity contribution in [2.45, 2.75) is 19.4 Å². The van der Waals surface area contributed by atoms with Crippen molar-refractivity contribution in [1.82, 2.24) is 5.32 Å². The Bertz CT molecular complexity index is 435. The number of carboxylic acids is 1. The monoisotopic (exact) mass is 266 g/mol. The fourth-order valence-electron chi connectivity index (χ4n) is 1.95. The third-order valence-electron chi connectivity index (χ3n) is 3.19. The second-order valence-corrected chi connectivity index (χ2v) is 4.41. The van der Waals surface area contributed by atoms with Gasteiger partial charge in [0.25, 0.3) is 0 Å². The van der Waals surface area contributed by atoms with Crippen molar-refractivity contribution in [1.29, 1.82) is 0 Å². The number of hydrogen-bond acceptors (Lipinski definition) is 4. The molecule has 0 aliphatic heterocycles. The van der Waals surface area contributed by atoms with Gasteiger partial charge in [0.2, 0.25) is 0 Å². The molecule has 0 radical (unpaired) electrons. The molecule has 19 heavy (non-hydrogen) atoms. The highest BCUT2D eigenvalue weighted by molar-refractivity contribution is 5.74. The molecule has 5 nitrogen and oxygen atoms in total. The van der Waals surface area contributed by atoms with Gasteiger partial charge in [0, 0.05) is 19.3 Å². The van der Waals surface area contributed by atoms with Crippen molar-refractivity contribution >= 4 is 11.7 Å². The number of nitrogens with one attached hydrogen (secondary N) is 1. The first-order valence-corrected chi connectivity index (χ1v) is 6.31. The van der Waals surface area contributed by atoms with Gasteiger partial charge in [-0.15, -0.1) is 0 Å². The van der Waals surface area contributed by atoms with E-state index in [1.165, 1.54) is 0 Å². The van der Waals surface area contributed by atoms with Crippen LogP contribution in [0, 0.1) is 0 Å². The zero-order valence-corrected chi connectivity index (χ0v) is 11.9. The molecule has 1 aromatic carbocycles. The van der Waals surface area contributed by atoms with Crippen LogP contribution in [0.15, 0.2) is 18.2 Å². The summed E-state index contributed by atoms with van der Waals surface area (Å²) in [5.74, 6) is 0.0154. The number of ether oxygens (including phenoxy) is 1. The molecule has 1 rings (SSSR count). The molecule has 0 heterocycles. The van der Waals surface area contributed by atoms with Crippen LogP contribution in [0.5, 0.6) is 5.75 Å². The number of methoxy groups -OCH3 is 1. The zero-order valence-electron chi connectivity index (χ0n) is 11.9. The summed E-state index contributed by atoms with van der Waals surface area (Å²) >= 11 is 0. The molecule has 1 atom stereocenters. The lowest BCUT2D eigenvalue weighted by Crippen LogP contribution is -2.43. The van der Waals surface area contributed by atoms with Crippen LogP contribution < -0.4 is 15.0 Å². The lowest BCUT2D eigenvalue weighted by molar-refractivity contribution is -0.139. The number of benzene rings is 1. The Hall–Kier alpha value is -1.75. The molecule has 0 bridgehead atoms. The first kappa shape index (κ1) is 15.3. The van der Waals surface area contributed by atoms with E-state index in [9.17, 15) is 4.79 Å². The molecule has 0 saturated heterocycles. The van der Waals surface area contributed by atoms with E-state index >= 15 is 0 Å². The van der Waals surface area contributed by atoms with Gasteiger partial charge < -0.3 is 20.1 Å². The summed E-state index contributed by atoms with van der Waals surface area (Å²) in [5.41, 5.74) is 2.10. The van der Waals surface area contributed by atoms with E-state index in [-0.39, 0.29) is 0 Å². The first-order valence-electron chi connectivity index (χ1n) is 6.31. The number of anilines is 1. The predicted octanol–water partition coefficient (Wildman–Crippen LogP) is 1.37. The summed E-state index contributed by atoms with van der Waals surface area (Å²) in [7, 11) is 5.19. The van der Waals surface area contributed by atoms with Gasteiger partial charge in [-0.1, -0.05) is 6.92 Å². The van der Waals surface area contributed by atoms with E-state index in [1.54, 1.807) is 14.2 Å². The fourth-order valence-corrected chi connectivity index (χ4v) is 1.95. The Morgan fingerprint density at radius 3 is 2.68 bits per heavy atom. The maximum atomic E-state index is 11.0. The standard InChI is InChI=1S/C14H22N2O3/c1-5-10-8-11(6-7-13(10)19-4)16(3)9-12(15-2)14(17)18/h6-8,12,15H,5,9H2,1-4H3,(H,17,18). The van der Waals surface area contributed by atoms with Crippen LogP contribution in [0.3, 0.4) is 0 Å². The van der Waals surface area contributed by atoms with E-state index in [1.807, 2.05) is 30.1 Å². The molecule has 0 aliphatic carbocycles. The van der Waals surface area contributed by atoms with Crippen LogP contribution in [0.25, 0.3) is 0 Å². The quantitative estimate of drug-likeness (QED) is 0.780. The number of aryl methyl sites for hydroxylation is 1. The summed E-state index contributed by atoms with van der Waals surface area (Å²) in [4.78, 5) is 12.9. The largest absolute Gasteiger partial charge is 0.496 e. The van der Waals surface area contributed by atoms with Crippen LogP contribution >= 0.6 is 0 Å². The van der Waals surface area contributed by atoms with Gasteiger partial charge in [-0.2, -0.15) is 0 Å². The lowest BCUT2D eigenvalue weighted by Gasteiger charge is -2.24. The maximum absolute atomic E-state index is 11.0. The Morgan fingerprint density at radius 2 is 2.21 bits per heavy atom. The molecule has 0 spiro atoms. The summed E-state index contributed by atoms with van der Waals surface area (Å²) in [6, 6.07) is 5.30. The average Bonchev–Trinajstić information content (AvgIpc) is 2.43. The molecule has 1 unspecified atom stereocenters. The van der Waals surface area contributed by atoms with Gasteiger partial charge in [0.05, 0.1) is 7.11 Å². The smallest absolute Gasteiger partial charge is 0.322 e. The molecule has 0 saturated carbocycles. The van der Waals surface area contributed by atoms with Crippen LogP contribution in [0.4, 0.5) is 5.69 Å². The number of aliphatic carboxylic acids is 1. The number of carboxylic acid groups (broad SMARTS) is 1. The highest BCUT2D eigenvalue weighted by atomic mass is 16.5. The van der Waals surface area contributed by atoms with E-state index in [0.29, 0.717) is 6.54 Å². The minimum atomic E-state index is -0.849. The van der Waals surface area contributed by atoms with Crippen molar-refractivity contribution < 1.29 is 14.6 Å². The third kappa shape index (κ3) is 3.86. The van der Waals surface area contributed by atoms with E-state index in [2.05, 4.69) is 12.2 Å². The molecule has 1 aromatic rings. The highest BCUT2D eigenvalue weighted by Crippen LogP contribution is 2.24. The van der Waals surface area contributed by atoms with E-state index < -0.39 is 12.0 Å². The van der Waals surface area contributed by atoms with Crippen molar-refractivity contribution in [3.8, 4) is 5.75 Å². The summed E-state index contributed by atoms with van der Waals surface area (Å²) in [6.07, 6.45) is 0.874. The molecule has 5 heteroatoms. The zero-order chi connectivity index (χ0) is 14.4. The summed E-state index contributed by atoms with van der Waals surface area (Å²) < 4.78 is 5.29. The molecule has 0 fully saturated rings. The molecular weight excluding hydrogens is 244 g/mol. The van der Waals surface area contributed by atoms with Gasteiger partial charge in [0.1, 0.15) is 11.8 Å². The minimum Gasteiger partial charge on any atom is -0.496 e. The highest BCUT2D eigenvalue weighted by Gasteiger charge is 2.17. The van der Waals surface area contributed by atoms with Gasteiger partial charge in [0.15, 0.2) is 0 Å². The van der Waals surface area contributed by atoms with Crippen molar-refractivity contribution in [3.05, 3.63) is 23.8 Å². The van der Waals surface area contributed by atoms with Crippen LogP contribution in [0.1, 0.15) is 12.5 Å². The molecule has 0 aliphatic rings. The number of rotatable bonds is 7. The number of hydrogen-bond donors (Lipinski definition) is 2. The summed E-state index contributed by atoms with van der Waals surface area (Å²) in [5, 5.41) is 11.8. The lowest BCUT2D eigenvalue weighted by atomic mass is 10.1. The Kier molecular flexibility index (Phi) is 5.63. The van der Waals surface area contributed by atoms with Crippen molar-refractivity contribution in [2.24, 2.45) is 0 Å². The average molecular weight is 266 g/mol. The van der Waals surface area contributed by atoms with Crippen LogP contribution in [-0.4, -0.2) is 44.9 Å². The molecular formula is C14H22N2O3. The third-order valence-corrected chi connectivity index (χ3v) is 3.19. The SMILES string of the molecule is CCc1cc(N(C)CC(NC)C(=O)O)ccc1OC. The van der Waals surface area contributed by atoms with Crippen LogP contribution in [0.2, 0.25) is 0 Å². The van der Waals surface area contributed by atoms with Gasteiger partial charge in [-0.25, -0.2) is 0 Å². The Labute approximate surface area is 114 Å². The molecule has 106 valence electrons. The van der Waals surface area contributed by atoms with E-state index in [4.69, 9.17) is 9.84 Å². The predicted molar refractivity (Wildman–Crippen MR) is 76.1 cm³/mol. The first-order chi connectivity index (χ1) is 9.03. The second kappa shape index (κ2) is 6.99. The van der Waals surface area contributed by atoms with Crippen molar-refractivity contribution in [2.75, 3.05) is 32.6 Å². The second-order valence-electron chi connectivity index (χ2n) is 4.41. The van der Waals surface area contributed by atoms with Gasteiger partial charge >= 0.3 is 5.97 Å².